The fourth-order valence-corrected chi connectivity index (χ4v) is 4.17. The Bertz CT molecular complexity index is 796. The van der Waals surface area contributed by atoms with Crippen molar-refractivity contribution in [2.45, 2.75) is 38.1 Å². The smallest absolute Gasteiger partial charge is 0.0598 e. The van der Waals surface area contributed by atoms with Crippen LogP contribution in [0.5, 0.6) is 0 Å². The molecule has 0 aliphatic heterocycles. The van der Waals surface area contributed by atoms with Crippen LogP contribution in [0.15, 0.2) is 48.5 Å². The summed E-state index contributed by atoms with van der Waals surface area (Å²) in [6.07, 6.45) is 9.04. The van der Waals surface area contributed by atoms with Gasteiger partial charge in [-0.15, -0.1) is 0 Å². The molecule has 2 aromatic rings. The van der Waals surface area contributed by atoms with E-state index in [9.17, 15) is 0 Å². The Hall–Kier alpha value is -0.990. The fourth-order valence-electron chi connectivity index (χ4n) is 3.74. The van der Waals surface area contributed by atoms with Crippen molar-refractivity contribution in [1.82, 2.24) is 4.90 Å². The van der Waals surface area contributed by atoms with Crippen molar-refractivity contribution in [2.75, 3.05) is 13.6 Å². The molecule has 2 aromatic carbocycles. The average molecular weight is 423 g/mol. The second-order valence-electron chi connectivity index (χ2n) is 7.50. The molecule has 0 radical (unpaired) electrons. The summed E-state index contributed by atoms with van der Waals surface area (Å²) in [5, 5.41) is 1.95. The topological polar surface area (TPSA) is 3.24 Å². The molecule has 1 unspecified atom stereocenters. The number of benzene rings is 2. The van der Waals surface area contributed by atoms with Crippen LogP contribution in [0.2, 0.25) is 15.1 Å². The number of hydrogen-bond donors (Lipinski definition) is 0. The highest BCUT2D eigenvalue weighted by atomic mass is 35.5. The van der Waals surface area contributed by atoms with Gasteiger partial charge in [-0.1, -0.05) is 72.1 Å². The highest BCUT2D eigenvalue weighted by Gasteiger charge is 2.36. The molecule has 0 heterocycles. The molecule has 1 nitrogen and oxygen atoms in total. The number of rotatable bonds is 8. The van der Waals surface area contributed by atoms with Crippen LogP contribution in [0.25, 0.3) is 6.08 Å². The van der Waals surface area contributed by atoms with Gasteiger partial charge in [0.15, 0.2) is 0 Å². The van der Waals surface area contributed by atoms with Gasteiger partial charge in [0, 0.05) is 17.1 Å². The molecular formula is C23H26Cl3N. The number of nitrogens with zero attached hydrogens (tertiary/aromatic N) is 1. The Kier molecular flexibility index (Phi) is 6.92. The van der Waals surface area contributed by atoms with Crippen LogP contribution in [-0.4, -0.2) is 18.5 Å². The lowest BCUT2D eigenvalue weighted by molar-refractivity contribution is 0.108. The van der Waals surface area contributed by atoms with Crippen LogP contribution in [0.3, 0.4) is 0 Å². The minimum absolute atomic E-state index is 0.0418. The van der Waals surface area contributed by atoms with E-state index < -0.39 is 0 Å². The van der Waals surface area contributed by atoms with Crippen molar-refractivity contribution in [3.8, 4) is 0 Å². The van der Waals surface area contributed by atoms with Gasteiger partial charge in [0.1, 0.15) is 0 Å². The maximum atomic E-state index is 6.15. The summed E-state index contributed by atoms with van der Waals surface area (Å²) >= 11 is 18.3. The van der Waals surface area contributed by atoms with Gasteiger partial charge in [0.2, 0.25) is 0 Å². The van der Waals surface area contributed by atoms with E-state index in [4.69, 9.17) is 34.8 Å². The van der Waals surface area contributed by atoms with Gasteiger partial charge in [-0.25, -0.2) is 0 Å². The summed E-state index contributed by atoms with van der Waals surface area (Å²) in [6, 6.07) is 14.1. The standard InChI is InChI=1S/C23H26Cl3N/c1-3-23(27(2)16-18-6-7-18,19-9-11-20(24)12-10-19)14-4-5-17-8-13-21(25)22(26)15-17/h4-5,8-13,15,18H,3,6-7,14,16H2,1-2H3/b5-4+. The highest BCUT2D eigenvalue weighted by molar-refractivity contribution is 6.42. The third-order valence-corrected chi connectivity index (χ3v) is 6.63. The van der Waals surface area contributed by atoms with E-state index in [1.165, 1.54) is 18.4 Å². The molecule has 0 spiro atoms. The van der Waals surface area contributed by atoms with Gasteiger partial charge in [-0.05, 0) is 74.0 Å². The Labute approximate surface area is 177 Å². The number of halogens is 3. The molecule has 0 bridgehead atoms. The third kappa shape index (κ3) is 5.09. The molecule has 0 aromatic heterocycles. The summed E-state index contributed by atoms with van der Waals surface area (Å²) in [6.45, 7) is 3.40. The molecule has 0 saturated heterocycles. The van der Waals surface area contributed by atoms with E-state index in [0.717, 1.165) is 35.9 Å². The molecule has 1 atom stereocenters. The van der Waals surface area contributed by atoms with E-state index in [0.29, 0.717) is 10.0 Å². The molecule has 144 valence electrons. The second-order valence-corrected chi connectivity index (χ2v) is 8.75. The molecule has 27 heavy (non-hydrogen) atoms. The lowest BCUT2D eigenvalue weighted by Crippen LogP contribution is -2.44. The first-order chi connectivity index (χ1) is 12.9. The minimum Gasteiger partial charge on any atom is -0.296 e. The zero-order valence-corrected chi connectivity index (χ0v) is 18.2. The third-order valence-electron chi connectivity index (χ3n) is 5.64. The monoisotopic (exact) mass is 421 g/mol. The largest absolute Gasteiger partial charge is 0.296 e. The van der Waals surface area contributed by atoms with Gasteiger partial charge in [-0.3, -0.25) is 4.90 Å². The van der Waals surface area contributed by atoms with Crippen LogP contribution in [0.4, 0.5) is 0 Å². The Morgan fingerprint density at radius 2 is 1.74 bits per heavy atom. The Morgan fingerprint density at radius 1 is 1.04 bits per heavy atom. The Balaban J connectivity index is 1.86. The van der Waals surface area contributed by atoms with E-state index in [-0.39, 0.29) is 5.54 Å². The molecule has 1 aliphatic carbocycles. The summed E-state index contributed by atoms with van der Waals surface area (Å²) in [5.41, 5.74) is 2.34. The highest BCUT2D eigenvalue weighted by Crippen LogP contribution is 2.39. The zero-order valence-electron chi connectivity index (χ0n) is 15.9. The normalized spacial score (nSPS) is 16.8. The molecule has 1 aliphatic rings. The van der Waals surface area contributed by atoms with Crippen molar-refractivity contribution in [3.63, 3.8) is 0 Å². The minimum atomic E-state index is -0.0418. The summed E-state index contributed by atoms with van der Waals surface area (Å²) in [7, 11) is 2.25. The predicted octanol–water partition coefficient (Wildman–Crippen LogP) is 7.70. The first-order valence-electron chi connectivity index (χ1n) is 9.53. The van der Waals surface area contributed by atoms with Gasteiger partial charge in [0.25, 0.3) is 0 Å². The molecule has 1 fully saturated rings. The number of hydrogen-bond acceptors (Lipinski definition) is 1. The Morgan fingerprint density at radius 3 is 2.33 bits per heavy atom. The maximum Gasteiger partial charge on any atom is 0.0598 e. The van der Waals surface area contributed by atoms with Crippen LogP contribution in [-0.2, 0) is 5.54 Å². The van der Waals surface area contributed by atoms with Gasteiger partial charge < -0.3 is 0 Å². The van der Waals surface area contributed by atoms with E-state index in [2.05, 4.69) is 43.2 Å². The van der Waals surface area contributed by atoms with Gasteiger partial charge in [-0.2, -0.15) is 0 Å². The molecule has 3 rings (SSSR count). The molecular weight excluding hydrogens is 397 g/mol. The fraction of sp³-hybridized carbons (Fsp3) is 0.391. The van der Waals surface area contributed by atoms with Crippen molar-refractivity contribution in [1.29, 1.82) is 0 Å². The first kappa shape index (κ1) is 20.7. The van der Waals surface area contributed by atoms with E-state index in [1.807, 2.05) is 30.3 Å². The van der Waals surface area contributed by atoms with E-state index >= 15 is 0 Å². The summed E-state index contributed by atoms with van der Waals surface area (Å²) in [5.74, 6) is 0.840. The van der Waals surface area contributed by atoms with Crippen molar-refractivity contribution < 1.29 is 0 Å². The zero-order chi connectivity index (χ0) is 19.4. The van der Waals surface area contributed by atoms with Crippen molar-refractivity contribution in [2.24, 2.45) is 5.92 Å². The van der Waals surface area contributed by atoms with Crippen LogP contribution in [0.1, 0.15) is 43.7 Å². The first-order valence-corrected chi connectivity index (χ1v) is 10.7. The average Bonchev–Trinajstić information content (AvgIpc) is 3.47. The molecule has 0 amide bonds. The van der Waals surface area contributed by atoms with Crippen molar-refractivity contribution >= 4 is 40.9 Å². The van der Waals surface area contributed by atoms with Crippen LogP contribution >= 0.6 is 34.8 Å². The van der Waals surface area contributed by atoms with Crippen molar-refractivity contribution in [3.05, 3.63) is 74.7 Å². The molecule has 4 heteroatoms. The lowest BCUT2D eigenvalue weighted by atomic mass is 9.82. The maximum absolute atomic E-state index is 6.15. The predicted molar refractivity (Wildman–Crippen MR) is 119 cm³/mol. The summed E-state index contributed by atoms with van der Waals surface area (Å²) in [4.78, 5) is 2.53. The molecule has 0 N–H and O–H groups in total. The van der Waals surface area contributed by atoms with Crippen LogP contribution < -0.4 is 0 Å². The van der Waals surface area contributed by atoms with Gasteiger partial charge >= 0.3 is 0 Å². The SMILES string of the molecule is CCC(C/C=C/c1ccc(Cl)c(Cl)c1)(c1ccc(Cl)cc1)N(C)CC1CC1. The van der Waals surface area contributed by atoms with E-state index in [1.54, 1.807) is 0 Å². The van der Waals surface area contributed by atoms with Crippen LogP contribution in [0, 0.1) is 5.92 Å². The van der Waals surface area contributed by atoms with Gasteiger partial charge in [0.05, 0.1) is 10.0 Å². The summed E-state index contributed by atoms with van der Waals surface area (Å²) < 4.78 is 0. The quantitative estimate of drug-likeness (QED) is 0.421. The molecule has 1 saturated carbocycles. The lowest BCUT2D eigenvalue weighted by Gasteiger charge is -2.42. The second kappa shape index (κ2) is 9.01.